The maximum Gasteiger partial charge on any atom is 0.409 e. The van der Waals surface area contributed by atoms with Gasteiger partial charge in [0.25, 0.3) is 0 Å². The molecule has 0 unspecified atom stereocenters. The molecule has 1 aliphatic heterocycles. The van der Waals surface area contributed by atoms with Crippen molar-refractivity contribution in [3.63, 3.8) is 0 Å². The van der Waals surface area contributed by atoms with E-state index >= 15 is 0 Å². The average Bonchev–Trinajstić information content (AvgIpc) is 3.29. The minimum atomic E-state index is -1.31. The molecule has 2 aromatic rings. The second-order valence-electron chi connectivity index (χ2n) is 17.1. The fraction of sp³-hybridized carbons (Fsp3) is 0.647. The molecule has 0 aromatic heterocycles. The summed E-state index contributed by atoms with van der Waals surface area (Å²) in [5, 5.41) is 24.5. The van der Waals surface area contributed by atoms with Crippen LogP contribution in [0.1, 0.15) is 134 Å². The Balaban J connectivity index is 1.47. The van der Waals surface area contributed by atoms with Crippen molar-refractivity contribution < 1.29 is 38.8 Å². The summed E-state index contributed by atoms with van der Waals surface area (Å²) in [6.45, 7) is 9.96. The van der Waals surface area contributed by atoms with Crippen LogP contribution in [0.5, 0.6) is 11.5 Å². The van der Waals surface area contributed by atoms with Crippen LogP contribution >= 0.6 is 11.8 Å². The highest BCUT2D eigenvalue weighted by Gasteiger charge is 2.65. The zero-order valence-corrected chi connectivity index (χ0v) is 38.8. The number of allylic oxidation sites excluding steroid dienone is 1. The number of rotatable bonds is 30. The van der Waals surface area contributed by atoms with Crippen LogP contribution in [0.15, 0.2) is 82.9 Å². The third kappa shape index (κ3) is 13.5. The van der Waals surface area contributed by atoms with Gasteiger partial charge in [0, 0.05) is 48.8 Å². The molecule has 0 saturated heterocycles. The summed E-state index contributed by atoms with van der Waals surface area (Å²) >= 11 is 1.76. The number of nitrogens with zero attached hydrogens (tertiary/aromatic N) is 2. The van der Waals surface area contributed by atoms with Crippen molar-refractivity contribution in [2.75, 3.05) is 52.4 Å². The zero-order valence-electron chi connectivity index (χ0n) is 38.0. The van der Waals surface area contributed by atoms with Crippen LogP contribution in [0.2, 0.25) is 0 Å². The molecule has 62 heavy (non-hydrogen) atoms. The van der Waals surface area contributed by atoms with Gasteiger partial charge in [0.15, 0.2) is 0 Å². The Labute approximate surface area is 376 Å². The first-order chi connectivity index (χ1) is 30.4. The molecule has 1 amide bonds. The van der Waals surface area contributed by atoms with E-state index in [9.17, 15) is 15.0 Å². The van der Waals surface area contributed by atoms with Gasteiger partial charge in [0.1, 0.15) is 24.1 Å². The molecule has 0 bridgehead atoms. The SMILES string of the molecule is C=CCO[C@@]12Oc3ccc(OCCSc4ccccc4)cc3[C@H]3[C@H](CCCCO)[C@@H](CCCCO)C=C(C(=NOCC)C[C@@H]1N(C)C(=O)OCCCCCCCCCCCC)[C@H]32. The van der Waals surface area contributed by atoms with Crippen LogP contribution in [0.4, 0.5) is 4.79 Å². The van der Waals surface area contributed by atoms with Crippen molar-refractivity contribution in [1.29, 1.82) is 0 Å². The standard InChI is InChI=1S/C51H76N2O8S/c1-5-8-9-10-11-12-13-14-15-23-33-58-50(56)53(4)47-38-45(52-60-7-3)43-36-39(24-19-21-30-54)42(27-20-22-31-55)48-44-37-40(57-34-35-62-41-25-17-16-18-26-41)28-29-46(44)61-51(47,49(43)48)59-32-6-2/h6,16-18,25-26,28-29,36-37,39,42,47-49,54-55H,2,5,7-15,19-24,27,30-35,38H2,1,3-4H3/t39-,42+,47-,48+,49+,51+/m0/s1. The van der Waals surface area contributed by atoms with E-state index in [4.69, 9.17) is 28.9 Å². The van der Waals surface area contributed by atoms with Crippen molar-refractivity contribution >= 4 is 23.6 Å². The van der Waals surface area contributed by atoms with Crippen LogP contribution < -0.4 is 9.47 Å². The lowest BCUT2D eigenvalue weighted by Crippen LogP contribution is -2.69. The highest BCUT2D eigenvalue weighted by atomic mass is 32.2. The second-order valence-corrected chi connectivity index (χ2v) is 18.3. The van der Waals surface area contributed by atoms with Gasteiger partial charge in [0.05, 0.1) is 31.5 Å². The van der Waals surface area contributed by atoms with E-state index < -0.39 is 17.9 Å². The predicted molar refractivity (Wildman–Crippen MR) is 250 cm³/mol. The van der Waals surface area contributed by atoms with Crippen molar-refractivity contribution in [2.45, 2.75) is 146 Å². The van der Waals surface area contributed by atoms with E-state index in [1.54, 1.807) is 29.8 Å². The fourth-order valence-corrected chi connectivity index (χ4v) is 10.5. The van der Waals surface area contributed by atoms with Gasteiger partial charge in [-0.15, -0.1) is 18.3 Å². The molecular formula is C51H76N2O8S. The highest BCUT2D eigenvalue weighted by Crippen LogP contribution is 2.61. The van der Waals surface area contributed by atoms with Gasteiger partial charge >= 0.3 is 6.09 Å². The summed E-state index contributed by atoms with van der Waals surface area (Å²) in [7, 11) is 1.79. The molecule has 2 aromatic carbocycles. The van der Waals surface area contributed by atoms with Gasteiger partial charge in [-0.1, -0.05) is 113 Å². The van der Waals surface area contributed by atoms with Gasteiger partial charge in [-0.05, 0) is 86.8 Å². The molecule has 1 saturated carbocycles. The molecule has 2 N–H and O–H groups in total. The number of hydrogen-bond donors (Lipinski definition) is 2. The highest BCUT2D eigenvalue weighted by molar-refractivity contribution is 7.99. The van der Waals surface area contributed by atoms with Crippen molar-refractivity contribution in [3.05, 3.63) is 78.4 Å². The molecule has 11 heteroatoms. The topological polar surface area (TPSA) is 119 Å². The van der Waals surface area contributed by atoms with Gasteiger partial charge in [-0.3, -0.25) is 0 Å². The number of aliphatic hydroxyl groups excluding tert-OH is 2. The summed E-state index contributed by atoms with van der Waals surface area (Å²) in [4.78, 5) is 22.8. The van der Waals surface area contributed by atoms with E-state index in [-0.39, 0.29) is 43.5 Å². The third-order valence-electron chi connectivity index (χ3n) is 12.8. The molecule has 6 atom stereocenters. The van der Waals surface area contributed by atoms with Crippen LogP contribution in [0, 0.1) is 17.8 Å². The minimum absolute atomic E-state index is 0.116. The number of oxime groups is 1. The maximum absolute atomic E-state index is 14.1. The molecule has 2 aliphatic carbocycles. The molecule has 3 aliphatic rings. The smallest absolute Gasteiger partial charge is 0.409 e. The number of thioether (sulfide) groups is 1. The Hall–Kier alpha value is -3.51. The van der Waals surface area contributed by atoms with Gasteiger partial charge in [-0.25, -0.2) is 4.79 Å². The van der Waals surface area contributed by atoms with Crippen molar-refractivity contribution in [1.82, 2.24) is 4.90 Å². The van der Waals surface area contributed by atoms with E-state index in [0.29, 0.717) is 38.4 Å². The number of unbranched alkanes of at least 4 members (excludes halogenated alkanes) is 11. The van der Waals surface area contributed by atoms with Crippen LogP contribution in [-0.2, 0) is 14.3 Å². The summed E-state index contributed by atoms with van der Waals surface area (Å²) in [6, 6.07) is 15.8. The zero-order chi connectivity index (χ0) is 44.0. The van der Waals surface area contributed by atoms with Crippen molar-refractivity contribution in [3.8, 4) is 11.5 Å². The van der Waals surface area contributed by atoms with E-state index in [1.165, 1.54) is 49.8 Å². The number of carbonyl (C=O) groups excluding carboxylic acids is 1. The Bertz CT molecular complexity index is 1690. The molecule has 1 fully saturated rings. The van der Waals surface area contributed by atoms with Gasteiger partial charge in [-0.2, -0.15) is 0 Å². The molecule has 0 spiro atoms. The Morgan fingerprint density at radius 2 is 1.63 bits per heavy atom. The Morgan fingerprint density at radius 1 is 0.919 bits per heavy atom. The summed E-state index contributed by atoms with van der Waals surface area (Å²) in [6.07, 6.45) is 20.9. The molecule has 5 rings (SSSR count). The molecule has 344 valence electrons. The first-order valence-corrected chi connectivity index (χ1v) is 24.8. The quantitative estimate of drug-likeness (QED) is 0.0342. The molecule has 1 heterocycles. The van der Waals surface area contributed by atoms with E-state index in [0.717, 1.165) is 79.7 Å². The Kier molecular flexibility index (Phi) is 21.5. The van der Waals surface area contributed by atoms with Gasteiger partial charge < -0.3 is 38.9 Å². The molecule has 0 radical (unpaired) electrons. The lowest BCUT2D eigenvalue weighted by molar-refractivity contribution is -0.253. The van der Waals surface area contributed by atoms with Crippen LogP contribution in [0.25, 0.3) is 0 Å². The lowest BCUT2D eigenvalue weighted by Gasteiger charge is -2.59. The van der Waals surface area contributed by atoms with E-state index in [2.05, 4.69) is 37.8 Å². The number of likely N-dealkylation sites (N-methyl/N-ethyl adjacent to an activating group) is 1. The number of benzene rings is 2. The van der Waals surface area contributed by atoms with Crippen LogP contribution in [-0.4, -0.2) is 91.2 Å². The van der Waals surface area contributed by atoms with Crippen LogP contribution in [0.3, 0.4) is 0 Å². The summed E-state index contributed by atoms with van der Waals surface area (Å²) < 4.78 is 26.7. The number of fused-ring (bicyclic) bond motifs is 2. The van der Waals surface area contributed by atoms with Gasteiger partial charge in [0.2, 0.25) is 5.79 Å². The third-order valence-corrected chi connectivity index (χ3v) is 13.8. The molecule has 10 nitrogen and oxygen atoms in total. The number of carbonyl (C=O) groups is 1. The number of aliphatic hydroxyl groups is 2. The molecular weight excluding hydrogens is 801 g/mol. The monoisotopic (exact) mass is 877 g/mol. The minimum Gasteiger partial charge on any atom is -0.493 e. The first kappa shape index (κ1) is 49.5. The number of hydrogen-bond acceptors (Lipinski definition) is 10. The number of amides is 1. The maximum atomic E-state index is 14.1. The summed E-state index contributed by atoms with van der Waals surface area (Å²) in [5.74, 6) is 0.750. The summed E-state index contributed by atoms with van der Waals surface area (Å²) in [5.41, 5.74) is 2.83. The number of ether oxygens (including phenoxy) is 4. The second kappa shape index (κ2) is 27.0. The lowest BCUT2D eigenvalue weighted by atomic mass is 9.55. The largest absolute Gasteiger partial charge is 0.493 e. The Morgan fingerprint density at radius 3 is 2.32 bits per heavy atom. The normalized spacial score (nSPS) is 23.1. The first-order valence-electron chi connectivity index (χ1n) is 23.8. The average molecular weight is 877 g/mol. The van der Waals surface area contributed by atoms with E-state index in [1.807, 2.05) is 37.3 Å². The predicted octanol–water partition coefficient (Wildman–Crippen LogP) is 11.5. The van der Waals surface area contributed by atoms with Crippen molar-refractivity contribution in [2.24, 2.45) is 22.9 Å². The fourth-order valence-electron chi connectivity index (χ4n) is 9.77.